The minimum absolute atomic E-state index is 0.0524. The van der Waals surface area contributed by atoms with Gasteiger partial charge in [-0.15, -0.1) is 0 Å². The van der Waals surface area contributed by atoms with Gasteiger partial charge in [-0.25, -0.2) is 4.98 Å². The Bertz CT molecular complexity index is 972. The standard InChI is InChI=1S/C13H26O2.C9H10N2O4.C6H5ClO/c1-6-12(7-2)9-11(5)15-13(14)8-10(3)4;1-5(12)15-8-6(14-2)3-4-11-7(8)9(10)13;7-5-1-3-6(8)4-2-5/h10-12H,6-9H2,1-5H3;3-4H,1-2H3,(H2,10,13);1-4,8H. The first kappa shape index (κ1) is 34.7. The molecule has 0 spiro atoms. The quantitative estimate of drug-likeness (QED) is 0.345. The molecule has 0 aliphatic rings. The number of amides is 1. The zero-order valence-corrected chi connectivity index (χ0v) is 24.1. The first-order valence-corrected chi connectivity index (χ1v) is 12.9. The Labute approximate surface area is 230 Å². The zero-order valence-electron chi connectivity index (χ0n) is 23.3. The maximum atomic E-state index is 11.4. The van der Waals surface area contributed by atoms with E-state index >= 15 is 0 Å². The summed E-state index contributed by atoms with van der Waals surface area (Å²) in [5.41, 5.74) is 4.93. The van der Waals surface area contributed by atoms with Gasteiger partial charge in [0.25, 0.3) is 5.91 Å². The number of carbonyl (C=O) groups is 3. The Hall–Kier alpha value is -3.33. The van der Waals surface area contributed by atoms with Gasteiger partial charge in [0, 0.05) is 30.6 Å². The van der Waals surface area contributed by atoms with Gasteiger partial charge in [0.05, 0.1) is 13.2 Å². The summed E-state index contributed by atoms with van der Waals surface area (Å²) in [7, 11) is 1.38. The number of methoxy groups -OCH3 is 1. The SMILES string of the molecule is CCC(CC)CC(C)OC(=O)CC(C)C.COc1ccnc(C(N)=O)c1OC(C)=O.Oc1ccc(Cl)cc1. The molecule has 2 aromatic rings. The van der Waals surface area contributed by atoms with Crippen molar-refractivity contribution in [3.8, 4) is 17.2 Å². The summed E-state index contributed by atoms with van der Waals surface area (Å²) in [6.45, 7) is 11.7. The lowest BCUT2D eigenvalue weighted by molar-refractivity contribution is -0.149. The molecule has 1 unspecified atom stereocenters. The average Bonchev–Trinajstić information content (AvgIpc) is 2.84. The van der Waals surface area contributed by atoms with Crippen molar-refractivity contribution in [2.75, 3.05) is 7.11 Å². The molecule has 1 heterocycles. The highest BCUT2D eigenvalue weighted by molar-refractivity contribution is 6.30. The number of hydrogen-bond acceptors (Lipinski definition) is 8. The average molecular weight is 553 g/mol. The maximum Gasteiger partial charge on any atom is 0.308 e. The molecule has 1 atom stereocenters. The lowest BCUT2D eigenvalue weighted by atomic mass is 9.97. The summed E-state index contributed by atoms with van der Waals surface area (Å²) >= 11 is 5.50. The Balaban J connectivity index is 0.000000565. The van der Waals surface area contributed by atoms with E-state index in [1.165, 1.54) is 39.1 Å². The van der Waals surface area contributed by atoms with Crippen molar-refractivity contribution >= 4 is 29.4 Å². The Morgan fingerprint density at radius 1 is 1.05 bits per heavy atom. The monoisotopic (exact) mass is 552 g/mol. The molecule has 10 heteroatoms. The van der Waals surface area contributed by atoms with Crippen LogP contribution in [0.4, 0.5) is 0 Å². The van der Waals surface area contributed by atoms with Crippen molar-refractivity contribution < 1.29 is 33.7 Å². The lowest BCUT2D eigenvalue weighted by Crippen LogP contribution is -2.19. The zero-order chi connectivity index (χ0) is 29.3. The number of aromatic nitrogens is 1. The van der Waals surface area contributed by atoms with E-state index in [0.717, 1.165) is 6.42 Å². The normalized spacial score (nSPS) is 10.9. The van der Waals surface area contributed by atoms with Gasteiger partial charge < -0.3 is 25.1 Å². The second-order valence-electron chi connectivity index (χ2n) is 8.94. The molecule has 3 N–H and O–H groups in total. The molecule has 0 bridgehead atoms. The predicted molar refractivity (Wildman–Crippen MR) is 147 cm³/mol. The number of phenols is 1. The van der Waals surface area contributed by atoms with Gasteiger partial charge in [0.2, 0.25) is 5.75 Å². The molecule has 0 saturated heterocycles. The van der Waals surface area contributed by atoms with Crippen LogP contribution in [0.15, 0.2) is 36.5 Å². The Morgan fingerprint density at radius 3 is 2.05 bits per heavy atom. The van der Waals surface area contributed by atoms with E-state index in [1.54, 1.807) is 24.3 Å². The van der Waals surface area contributed by atoms with Crippen LogP contribution in [-0.2, 0) is 14.3 Å². The third kappa shape index (κ3) is 15.0. The minimum Gasteiger partial charge on any atom is -0.508 e. The summed E-state index contributed by atoms with van der Waals surface area (Å²) < 4.78 is 15.1. The highest BCUT2D eigenvalue weighted by Gasteiger charge is 2.18. The molecule has 2 rings (SSSR count). The molecule has 0 aliphatic heterocycles. The van der Waals surface area contributed by atoms with Gasteiger partial charge in [0.15, 0.2) is 11.4 Å². The van der Waals surface area contributed by atoms with Crippen LogP contribution in [0, 0.1) is 11.8 Å². The molecule has 0 aliphatic carbocycles. The summed E-state index contributed by atoms with van der Waals surface area (Å²) in [5, 5.41) is 9.34. The van der Waals surface area contributed by atoms with E-state index in [0.29, 0.717) is 23.3 Å². The number of pyridine rings is 1. The number of benzene rings is 1. The maximum absolute atomic E-state index is 11.4. The number of primary amides is 1. The first-order valence-electron chi connectivity index (χ1n) is 12.5. The van der Waals surface area contributed by atoms with Gasteiger partial charge in [-0.2, -0.15) is 0 Å². The van der Waals surface area contributed by atoms with Crippen molar-refractivity contribution in [2.24, 2.45) is 17.6 Å². The van der Waals surface area contributed by atoms with Gasteiger partial charge in [0.1, 0.15) is 5.75 Å². The molecule has 0 saturated carbocycles. The van der Waals surface area contributed by atoms with Crippen molar-refractivity contribution in [2.45, 2.75) is 73.3 Å². The number of phenolic OH excluding ortho intramolecular Hbond substituents is 1. The summed E-state index contributed by atoms with van der Waals surface area (Å²) in [6, 6.07) is 7.82. The fourth-order valence-electron chi connectivity index (χ4n) is 3.20. The van der Waals surface area contributed by atoms with E-state index in [9.17, 15) is 14.4 Å². The highest BCUT2D eigenvalue weighted by atomic mass is 35.5. The van der Waals surface area contributed by atoms with Crippen LogP contribution >= 0.6 is 11.6 Å². The van der Waals surface area contributed by atoms with Crippen LogP contribution in [-0.4, -0.2) is 41.2 Å². The smallest absolute Gasteiger partial charge is 0.308 e. The molecule has 1 aromatic carbocycles. The number of ether oxygens (including phenoxy) is 3. The molecular weight excluding hydrogens is 512 g/mol. The molecular formula is C28H41ClN2O7. The number of esters is 2. The van der Waals surface area contributed by atoms with Crippen LogP contribution in [0.2, 0.25) is 5.02 Å². The fraction of sp³-hybridized carbons (Fsp3) is 0.500. The fourth-order valence-corrected chi connectivity index (χ4v) is 3.32. The highest BCUT2D eigenvalue weighted by Crippen LogP contribution is 2.29. The largest absolute Gasteiger partial charge is 0.508 e. The number of nitrogens with zero attached hydrogens (tertiary/aromatic N) is 1. The molecule has 38 heavy (non-hydrogen) atoms. The van der Waals surface area contributed by atoms with E-state index in [-0.39, 0.29) is 35.0 Å². The molecule has 0 fully saturated rings. The Morgan fingerprint density at radius 2 is 1.63 bits per heavy atom. The van der Waals surface area contributed by atoms with Crippen LogP contribution in [0.3, 0.4) is 0 Å². The van der Waals surface area contributed by atoms with E-state index < -0.39 is 11.9 Å². The van der Waals surface area contributed by atoms with E-state index in [2.05, 4.69) is 18.8 Å². The van der Waals surface area contributed by atoms with Gasteiger partial charge in [-0.05, 0) is 49.4 Å². The Kier molecular flexibility index (Phi) is 17.2. The van der Waals surface area contributed by atoms with Gasteiger partial charge >= 0.3 is 11.9 Å². The predicted octanol–water partition coefficient (Wildman–Crippen LogP) is 5.95. The summed E-state index contributed by atoms with van der Waals surface area (Å²) in [5.74, 6) is 0.0745. The molecule has 9 nitrogen and oxygen atoms in total. The minimum atomic E-state index is -0.787. The first-order chi connectivity index (χ1) is 17.8. The van der Waals surface area contributed by atoms with Gasteiger partial charge in [-0.3, -0.25) is 14.4 Å². The number of carbonyl (C=O) groups excluding carboxylic acids is 3. The number of halogens is 1. The third-order valence-electron chi connectivity index (χ3n) is 5.12. The summed E-state index contributed by atoms with van der Waals surface area (Å²) in [6.07, 6.45) is 5.28. The molecule has 1 amide bonds. The number of rotatable bonds is 10. The number of aromatic hydroxyl groups is 1. The van der Waals surface area contributed by atoms with Crippen molar-refractivity contribution in [3.05, 3.63) is 47.2 Å². The van der Waals surface area contributed by atoms with Crippen LogP contribution < -0.4 is 15.2 Å². The molecule has 1 aromatic heterocycles. The summed E-state index contributed by atoms with van der Waals surface area (Å²) in [4.78, 5) is 36.9. The van der Waals surface area contributed by atoms with Gasteiger partial charge in [-0.1, -0.05) is 52.1 Å². The third-order valence-corrected chi connectivity index (χ3v) is 5.37. The second kappa shape index (κ2) is 18.8. The van der Waals surface area contributed by atoms with E-state index in [4.69, 9.17) is 36.7 Å². The van der Waals surface area contributed by atoms with Crippen molar-refractivity contribution in [1.82, 2.24) is 4.98 Å². The van der Waals surface area contributed by atoms with Crippen LogP contribution in [0.25, 0.3) is 0 Å². The van der Waals surface area contributed by atoms with Crippen LogP contribution in [0.5, 0.6) is 17.2 Å². The number of hydrogen-bond donors (Lipinski definition) is 2. The van der Waals surface area contributed by atoms with Crippen molar-refractivity contribution in [3.63, 3.8) is 0 Å². The molecule has 0 radical (unpaired) electrons. The molecule has 212 valence electrons. The van der Waals surface area contributed by atoms with Crippen molar-refractivity contribution in [1.29, 1.82) is 0 Å². The van der Waals surface area contributed by atoms with E-state index in [1.807, 2.05) is 20.8 Å². The lowest BCUT2D eigenvalue weighted by Gasteiger charge is -2.19. The second-order valence-corrected chi connectivity index (χ2v) is 9.38. The van der Waals surface area contributed by atoms with Crippen LogP contribution in [0.1, 0.15) is 77.7 Å². The number of nitrogens with two attached hydrogens (primary N) is 1. The topological polar surface area (TPSA) is 138 Å².